The summed E-state index contributed by atoms with van der Waals surface area (Å²) in [6, 6.07) is -0.836. The van der Waals surface area contributed by atoms with E-state index in [0.29, 0.717) is 19.4 Å². The normalized spacial score (nSPS) is 18.6. The fourth-order valence-electron chi connectivity index (χ4n) is 10.4. The molecular formula is C70H127NO10. The Bertz CT molecular complexity index is 1530. The molecule has 0 aromatic heterocycles. The molecule has 0 aromatic rings. The average molecular weight is 1140 g/mol. The van der Waals surface area contributed by atoms with Gasteiger partial charge in [0.05, 0.1) is 32.0 Å². The molecule has 1 saturated heterocycles. The SMILES string of the molecule is CCCCC/C=C/CC/C=C/CC/C=C/C(O)C(COC1OC(CO)C(O)C(O)C1O)NC(=O)CCCCCCCCCCCCCCC/C=C\C/C=C\CCCCCCCCCCCOC(=O)CCCCCCCCCCCCC. The van der Waals surface area contributed by atoms with Crippen molar-refractivity contribution in [3.8, 4) is 0 Å². The fraction of sp³-hybridized carbons (Fsp3) is 0.829. The molecule has 0 aromatic carbocycles. The van der Waals surface area contributed by atoms with Crippen LogP contribution in [0.4, 0.5) is 0 Å². The smallest absolute Gasteiger partial charge is 0.305 e. The largest absolute Gasteiger partial charge is 0.466 e. The van der Waals surface area contributed by atoms with E-state index in [0.717, 1.165) is 77.0 Å². The average Bonchev–Trinajstić information content (AvgIpc) is 3.47. The fourth-order valence-corrected chi connectivity index (χ4v) is 10.4. The van der Waals surface area contributed by atoms with Gasteiger partial charge in [-0.1, -0.05) is 267 Å². The van der Waals surface area contributed by atoms with Crippen molar-refractivity contribution in [2.75, 3.05) is 19.8 Å². The first-order valence-corrected chi connectivity index (χ1v) is 34.1. The summed E-state index contributed by atoms with van der Waals surface area (Å²) in [4.78, 5) is 25.1. The Kier molecular flexibility index (Phi) is 55.7. The van der Waals surface area contributed by atoms with Gasteiger partial charge in [0.2, 0.25) is 5.91 Å². The first-order valence-electron chi connectivity index (χ1n) is 34.1. The zero-order chi connectivity index (χ0) is 58.7. The van der Waals surface area contributed by atoms with Crippen molar-refractivity contribution in [2.45, 2.75) is 352 Å². The summed E-state index contributed by atoms with van der Waals surface area (Å²) in [5.41, 5.74) is 0. The van der Waals surface area contributed by atoms with Crippen LogP contribution in [0.1, 0.15) is 309 Å². The van der Waals surface area contributed by atoms with Crippen molar-refractivity contribution in [3.05, 3.63) is 60.8 Å². The van der Waals surface area contributed by atoms with Crippen molar-refractivity contribution < 1.29 is 49.3 Å². The van der Waals surface area contributed by atoms with Gasteiger partial charge in [0.1, 0.15) is 24.4 Å². The summed E-state index contributed by atoms with van der Waals surface area (Å²) >= 11 is 0. The van der Waals surface area contributed by atoms with E-state index in [2.05, 4.69) is 67.8 Å². The number of esters is 1. The maximum Gasteiger partial charge on any atom is 0.305 e. The van der Waals surface area contributed by atoms with Gasteiger partial charge in [-0.05, 0) is 89.9 Å². The number of amides is 1. The molecule has 6 N–H and O–H groups in total. The maximum atomic E-state index is 13.0. The minimum atomic E-state index is -1.58. The van der Waals surface area contributed by atoms with Crippen LogP contribution in [0, 0.1) is 0 Å². The van der Waals surface area contributed by atoms with E-state index >= 15 is 0 Å². The number of hydrogen-bond acceptors (Lipinski definition) is 10. The molecular weight excluding hydrogens is 1010 g/mol. The van der Waals surface area contributed by atoms with E-state index in [1.54, 1.807) is 6.08 Å². The molecule has 472 valence electrons. The lowest BCUT2D eigenvalue weighted by molar-refractivity contribution is -0.302. The summed E-state index contributed by atoms with van der Waals surface area (Å²) in [5.74, 6) is -0.196. The summed E-state index contributed by atoms with van der Waals surface area (Å²) in [6.45, 7) is 4.30. The van der Waals surface area contributed by atoms with Crippen molar-refractivity contribution in [3.63, 3.8) is 0 Å². The van der Waals surface area contributed by atoms with Crippen LogP contribution in [0.5, 0.6) is 0 Å². The van der Waals surface area contributed by atoms with Gasteiger partial charge in [0.15, 0.2) is 6.29 Å². The molecule has 1 amide bonds. The van der Waals surface area contributed by atoms with Crippen molar-refractivity contribution in [1.29, 1.82) is 0 Å². The van der Waals surface area contributed by atoms with E-state index < -0.39 is 49.5 Å². The van der Waals surface area contributed by atoms with Gasteiger partial charge in [0.25, 0.3) is 0 Å². The Morgan fingerprint density at radius 2 is 0.840 bits per heavy atom. The molecule has 1 aliphatic heterocycles. The number of rotatable bonds is 59. The van der Waals surface area contributed by atoms with E-state index in [9.17, 15) is 35.1 Å². The van der Waals surface area contributed by atoms with E-state index in [-0.39, 0.29) is 18.5 Å². The predicted octanol–water partition coefficient (Wildman–Crippen LogP) is 17.0. The second kappa shape index (κ2) is 59.1. The van der Waals surface area contributed by atoms with Crippen molar-refractivity contribution >= 4 is 11.9 Å². The number of nitrogens with one attached hydrogen (secondary N) is 1. The third-order valence-electron chi connectivity index (χ3n) is 15.8. The number of hydrogen-bond donors (Lipinski definition) is 6. The van der Waals surface area contributed by atoms with E-state index in [1.165, 1.54) is 205 Å². The van der Waals surface area contributed by atoms with Crippen molar-refractivity contribution in [2.24, 2.45) is 0 Å². The van der Waals surface area contributed by atoms with Crippen LogP contribution in [-0.2, 0) is 23.8 Å². The summed E-state index contributed by atoms with van der Waals surface area (Å²) in [5, 5.41) is 54.4. The lowest BCUT2D eigenvalue weighted by atomic mass is 9.99. The highest BCUT2D eigenvalue weighted by Gasteiger charge is 2.44. The number of aliphatic hydroxyl groups is 5. The van der Waals surface area contributed by atoms with Gasteiger partial charge in [-0.3, -0.25) is 9.59 Å². The van der Waals surface area contributed by atoms with Crippen LogP contribution >= 0.6 is 0 Å². The number of allylic oxidation sites excluding steroid dienone is 9. The van der Waals surface area contributed by atoms with Gasteiger partial charge in [-0.2, -0.15) is 0 Å². The number of aliphatic hydroxyl groups excluding tert-OH is 5. The maximum absolute atomic E-state index is 13.0. The molecule has 7 unspecified atom stereocenters. The molecule has 81 heavy (non-hydrogen) atoms. The van der Waals surface area contributed by atoms with Gasteiger partial charge in [-0.25, -0.2) is 0 Å². The Labute approximate surface area is 497 Å². The lowest BCUT2D eigenvalue weighted by Gasteiger charge is -2.40. The molecule has 11 nitrogen and oxygen atoms in total. The number of carbonyl (C=O) groups is 2. The molecule has 1 heterocycles. The second-order valence-corrected chi connectivity index (χ2v) is 23.5. The Morgan fingerprint density at radius 3 is 1.32 bits per heavy atom. The molecule has 1 aliphatic rings. The first-order chi connectivity index (χ1) is 39.7. The lowest BCUT2D eigenvalue weighted by Crippen LogP contribution is -2.60. The van der Waals surface area contributed by atoms with Crippen molar-refractivity contribution in [1.82, 2.24) is 5.32 Å². The van der Waals surface area contributed by atoms with Crippen LogP contribution in [0.25, 0.3) is 0 Å². The van der Waals surface area contributed by atoms with Gasteiger partial charge < -0.3 is 45.1 Å². The molecule has 1 fully saturated rings. The Hall–Kier alpha value is -2.64. The molecule has 11 heteroatoms. The minimum absolute atomic E-state index is 0.00220. The second-order valence-electron chi connectivity index (χ2n) is 23.5. The van der Waals surface area contributed by atoms with Crippen LogP contribution in [-0.4, -0.2) is 100 Å². The molecule has 0 radical (unpaired) electrons. The molecule has 7 atom stereocenters. The zero-order valence-corrected chi connectivity index (χ0v) is 52.2. The summed E-state index contributed by atoms with van der Waals surface area (Å²) < 4.78 is 16.7. The summed E-state index contributed by atoms with van der Waals surface area (Å²) in [6.07, 6.45) is 67.7. The standard InChI is InChI=1S/C70H127NO10/c1-3-5-7-9-11-13-15-33-37-40-44-48-52-56-63(73)62(61-80-70-69(78)68(77)67(76)64(60-72)81-70)71-65(74)57-53-49-45-41-38-34-31-29-27-25-23-21-19-17-16-18-20-22-24-26-28-30-32-35-39-43-47-51-55-59-79-66(75)58-54-50-46-42-36-14-12-10-8-6-4-2/h11,13,16,18,22,24,37,40,52,56,62-64,67-70,72-73,76-78H,3-10,12,14-15,17,19-21,23,25-36,38-39,41-51,53-55,57-61H2,1-2H3,(H,71,74)/b13-11+,18-16-,24-22-,40-37+,56-52+. The zero-order valence-electron chi connectivity index (χ0n) is 52.2. The first kappa shape index (κ1) is 76.4. The molecule has 0 spiro atoms. The molecule has 0 bridgehead atoms. The molecule has 0 aliphatic carbocycles. The minimum Gasteiger partial charge on any atom is -0.466 e. The Balaban J connectivity index is 2.02. The highest BCUT2D eigenvalue weighted by molar-refractivity contribution is 5.76. The van der Waals surface area contributed by atoms with Crippen LogP contribution in [0.2, 0.25) is 0 Å². The third kappa shape index (κ3) is 48.3. The highest BCUT2D eigenvalue weighted by Crippen LogP contribution is 2.23. The van der Waals surface area contributed by atoms with Crippen LogP contribution < -0.4 is 5.32 Å². The van der Waals surface area contributed by atoms with Crippen LogP contribution in [0.3, 0.4) is 0 Å². The number of unbranched alkanes of at least 4 members (excludes halogenated alkanes) is 37. The van der Waals surface area contributed by atoms with Gasteiger partial charge >= 0.3 is 5.97 Å². The van der Waals surface area contributed by atoms with E-state index in [4.69, 9.17) is 14.2 Å². The molecule has 0 saturated carbocycles. The number of ether oxygens (including phenoxy) is 3. The van der Waals surface area contributed by atoms with Crippen LogP contribution in [0.15, 0.2) is 60.8 Å². The van der Waals surface area contributed by atoms with Gasteiger partial charge in [-0.15, -0.1) is 0 Å². The van der Waals surface area contributed by atoms with E-state index in [1.807, 2.05) is 6.08 Å². The third-order valence-corrected chi connectivity index (χ3v) is 15.8. The molecule has 1 rings (SSSR count). The highest BCUT2D eigenvalue weighted by atomic mass is 16.7. The predicted molar refractivity (Wildman–Crippen MR) is 338 cm³/mol. The topological polar surface area (TPSA) is 175 Å². The van der Waals surface area contributed by atoms with Gasteiger partial charge in [0, 0.05) is 12.8 Å². The number of carbonyl (C=O) groups excluding carboxylic acids is 2. The summed E-state index contributed by atoms with van der Waals surface area (Å²) in [7, 11) is 0. The quantitative estimate of drug-likeness (QED) is 0.0195. The monoisotopic (exact) mass is 1140 g/mol. The Morgan fingerprint density at radius 1 is 0.457 bits per heavy atom.